The molecule has 98 valence electrons. The molecular weight excluding hydrogens is 226 g/mol. The van der Waals surface area contributed by atoms with E-state index in [2.05, 4.69) is 22.5 Å². The predicted molar refractivity (Wildman–Crippen MR) is 72.8 cm³/mol. The molecule has 0 radical (unpaired) electrons. The number of nitrogens with one attached hydrogen (secondary N) is 2. The van der Waals surface area contributed by atoms with Crippen LogP contribution in [0.2, 0.25) is 0 Å². The van der Waals surface area contributed by atoms with Crippen molar-refractivity contribution in [2.75, 3.05) is 11.9 Å². The first-order valence-electron chi connectivity index (χ1n) is 6.67. The summed E-state index contributed by atoms with van der Waals surface area (Å²) in [6.45, 7) is 6.90. The van der Waals surface area contributed by atoms with E-state index in [1.54, 1.807) is 6.20 Å². The molecule has 2 atom stereocenters. The van der Waals surface area contributed by atoms with Crippen molar-refractivity contribution in [3.05, 3.63) is 23.5 Å². The van der Waals surface area contributed by atoms with Crippen LogP contribution >= 0.6 is 0 Å². The summed E-state index contributed by atoms with van der Waals surface area (Å²) in [4.78, 5) is 16.4. The van der Waals surface area contributed by atoms with Gasteiger partial charge >= 0.3 is 0 Å². The van der Waals surface area contributed by atoms with Crippen LogP contribution < -0.4 is 10.6 Å². The Morgan fingerprint density at radius 2 is 2.28 bits per heavy atom. The monoisotopic (exact) mass is 247 g/mol. The molecule has 1 heterocycles. The van der Waals surface area contributed by atoms with Crippen molar-refractivity contribution in [1.82, 2.24) is 10.3 Å². The van der Waals surface area contributed by atoms with E-state index >= 15 is 0 Å². The van der Waals surface area contributed by atoms with Crippen LogP contribution in [0.3, 0.4) is 0 Å². The third-order valence-corrected chi connectivity index (χ3v) is 3.42. The molecule has 18 heavy (non-hydrogen) atoms. The zero-order valence-corrected chi connectivity index (χ0v) is 11.3. The summed E-state index contributed by atoms with van der Waals surface area (Å²) in [5, 5.41) is 6.29. The Balaban J connectivity index is 2.09. The maximum Gasteiger partial charge on any atom is 0.255 e. The van der Waals surface area contributed by atoms with Crippen molar-refractivity contribution >= 4 is 11.6 Å². The third-order valence-electron chi connectivity index (χ3n) is 3.42. The lowest BCUT2D eigenvalue weighted by Crippen LogP contribution is -2.27. The van der Waals surface area contributed by atoms with E-state index in [0.29, 0.717) is 17.5 Å². The van der Waals surface area contributed by atoms with Gasteiger partial charge in [0.05, 0.1) is 11.3 Å². The standard InChI is InChI=1S/C14H21N3O/c1-4-10-7-12(10)17-14(18)11-8-16-9(3)6-13(11)15-5-2/h6,8,10,12H,4-5,7H2,1-3H3,(H,15,16)(H,17,18). The predicted octanol–water partition coefficient (Wildman–Crippen LogP) is 2.35. The van der Waals surface area contributed by atoms with Gasteiger partial charge in [0.1, 0.15) is 0 Å². The molecule has 4 heteroatoms. The number of carbonyl (C=O) groups is 1. The molecule has 1 amide bonds. The molecular formula is C14H21N3O. The number of nitrogens with zero attached hydrogens (tertiary/aromatic N) is 1. The molecule has 1 aliphatic carbocycles. The number of amides is 1. The molecule has 4 nitrogen and oxygen atoms in total. The summed E-state index contributed by atoms with van der Waals surface area (Å²) in [6.07, 6.45) is 3.90. The molecule has 0 bridgehead atoms. The summed E-state index contributed by atoms with van der Waals surface area (Å²) >= 11 is 0. The molecule has 2 unspecified atom stereocenters. The number of aromatic nitrogens is 1. The number of pyridine rings is 1. The Morgan fingerprint density at radius 3 is 2.89 bits per heavy atom. The zero-order chi connectivity index (χ0) is 13.1. The molecule has 1 saturated carbocycles. The Hall–Kier alpha value is -1.58. The van der Waals surface area contributed by atoms with Crippen molar-refractivity contribution < 1.29 is 4.79 Å². The molecule has 1 aromatic rings. The second-order valence-electron chi connectivity index (χ2n) is 4.89. The van der Waals surface area contributed by atoms with E-state index in [1.165, 1.54) is 0 Å². The van der Waals surface area contributed by atoms with Crippen LogP contribution in [0.15, 0.2) is 12.3 Å². The van der Waals surface area contributed by atoms with E-state index in [4.69, 9.17) is 0 Å². The van der Waals surface area contributed by atoms with E-state index in [-0.39, 0.29) is 5.91 Å². The number of hydrogen-bond donors (Lipinski definition) is 2. The molecule has 1 aromatic heterocycles. The fraction of sp³-hybridized carbons (Fsp3) is 0.571. The smallest absolute Gasteiger partial charge is 0.255 e. The quantitative estimate of drug-likeness (QED) is 0.839. The lowest BCUT2D eigenvalue weighted by Gasteiger charge is -2.11. The van der Waals surface area contributed by atoms with Crippen molar-refractivity contribution in [3.63, 3.8) is 0 Å². The maximum absolute atomic E-state index is 12.2. The molecule has 0 aliphatic heterocycles. The Labute approximate surface area is 108 Å². The topological polar surface area (TPSA) is 54.0 Å². The largest absolute Gasteiger partial charge is 0.385 e. The highest BCUT2D eigenvalue weighted by Crippen LogP contribution is 2.33. The summed E-state index contributed by atoms with van der Waals surface area (Å²) in [5.74, 6) is 0.648. The van der Waals surface area contributed by atoms with Gasteiger partial charge in [0, 0.05) is 24.5 Å². The third kappa shape index (κ3) is 2.81. The fourth-order valence-corrected chi connectivity index (χ4v) is 2.20. The van der Waals surface area contributed by atoms with Gasteiger partial charge in [-0.05, 0) is 32.3 Å². The van der Waals surface area contributed by atoms with Gasteiger partial charge in [0.2, 0.25) is 0 Å². The number of aryl methyl sites for hydroxylation is 1. The van der Waals surface area contributed by atoms with Crippen LogP contribution in [0, 0.1) is 12.8 Å². The van der Waals surface area contributed by atoms with Gasteiger partial charge in [-0.3, -0.25) is 9.78 Å². The summed E-state index contributed by atoms with van der Waals surface area (Å²) < 4.78 is 0. The van der Waals surface area contributed by atoms with Gasteiger partial charge in [-0.15, -0.1) is 0 Å². The maximum atomic E-state index is 12.2. The van der Waals surface area contributed by atoms with Gasteiger partial charge in [-0.25, -0.2) is 0 Å². The van der Waals surface area contributed by atoms with Crippen LogP contribution in [0.1, 0.15) is 42.7 Å². The minimum absolute atomic E-state index is 0.0144. The highest BCUT2D eigenvalue weighted by Gasteiger charge is 2.36. The van der Waals surface area contributed by atoms with Gasteiger partial charge in [0.15, 0.2) is 0 Å². The van der Waals surface area contributed by atoms with Crippen LogP contribution in [-0.4, -0.2) is 23.5 Å². The first kappa shape index (κ1) is 12.9. The molecule has 2 rings (SSSR count). The zero-order valence-electron chi connectivity index (χ0n) is 11.3. The van der Waals surface area contributed by atoms with Crippen LogP contribution in [0.4, 0.5) is 5.69 Å². The second-order valence-corrected chi connectivity index (χ2v) is 4.89. The average Bonchev–Trinajstić information content (AvgIpc) is 3.08. The Kier molecular flexibility index (Phi) is 3.84. The summed E-state index contributed by atoms with van der Waals surface area (Å²) in [6, 6.07) is 2.28. The number of rotatable bonds is 5. The number of anilines is 1. The van der Waals surface area contributed by atoms with Crippen LogP contribution in [0.5, 0.6) is 0 Å². The summed E-state index contributed by atoms with van der Waals surface area (Å²) in [7, 11) is 0. The van der Waals surface area contributed by atoms with Crippen molar-refractivity contribution in [1.29, 1.82) is 0 Å². The molecule has 1 fully saturated rings. The number of carbonyl (C=O) groups excluding carboxylic acids is 1. The molecule has 0 spiro atoms. The lowest BCUT2D eigenvalue weighted by molar-refractivity contribution is 0.0949. The first-order chi connectivity index (χ1) is 8.65. The first-order valence-corrected chi connectivity index (χ1v) is 6.67. The van der Waals surface area contributed by atoms with Crippen molar-refractivity contribution in [2.24, 2.45) is 5.92 Å². The lowest BCUT2D eigenvalue weighted by atomic mass is 10.2. The SMILES string of the molecule is CCNc1cc(C)ncc1C(=O)NC1CC1CC. The minimum atomic E-state index is -0.0144. The molecule has 0 saturated heterocycles. The molecule has 2 N–H and O–H groups in total. The normalized spacial score (nSPS) is 21.5. The Bertz CT molecular complexity index is 445. The van der Waals surface area contributed by atoms with Gasteiger partial charge < -0.3 is 10.6 Å². The highest BCUT2D eigenvalue weighted by atomic mass is 16.1. The van der Waals surface area contributed by atoms with Crippen LogP contribution in [0.25, 0.3) is 0 Å². The average molecular weight is 247 g/mol. The minimum Gasteiger partial charge on any atom is -0.385 e. The van der Waals surface area contributed by atoms with E-state index in [0.717, 1.165) is 30.8 Å². The fourth-order valence-electron chi connectivity index (χ4n) is 2.20. The van der Waals surface area contributed by atoms with E-state index < -0.39 is 0 Å². The number of hydrogen-bond acceptors (Lipinski definition) is 3. The van der Waals surface area contributed by atoms with Crippen molar-refractivity contribution in [3.8, 4) is 0 Å². The molecule has 0 aromatic carbocycles. The van der Waals surface area contributed by atoms with Crippen molar-refractivity contribution in [2.45, 2.75) is 39.7 Å². The van der Waals surface area contributed by atoms with Gasteiger partial charge in [-0.1, -0.05) is 13.3 Å². The van der Waals surface area contributed by atoms with E-state index in [9.17, 15) is 4.79 Å². The van der Waals surface area contributed by atoms with Crippen LogP contribution in [-0.2, 0) is 0 Å². The van der Waals surface area contributed by atoms with Gasteiger partial charge in [0.25, 0.3) is 5.91 Å². The highest BCUT2D eigenvalue weighted by molar-refractivity contribution is 5.99. The van der Waals surface area contributed by atoms with E-state index in [1.807, 2.05) is 19.9 Å². The second kappa shape index (κ2) is 5.38. The van der Waals surface area contributed by atoms with Gasteiger partial charge in [-0.2, -0.15) is 0 Å². The molecule has 1 aliphatic rings. The summed E-state index contributed by atoms with van der Waals surface area (Å²) in [5.41, 5.74) is 2.43. The Morgan fingerprint density at radius 1 is 1.50 bits per heavy atom.